The highest BCUT2D eigenvalue weighted by Crippen LogP contribution is 2.33. The monoisotopic (exact) mass is 332 g/mol. The Morgan fingerprint density at radius 1 is 1.41 bits per heavy atom. The third-order valence-corrected chi connectivity index (χ3v) is 5.75. The lowest BCUT2D eigenvalue weighted by molar-refractivity contribution is 0.102. The number of rotatable bonds is 4. The van der Waals surface area contributed by atoms with Crippen molar-refractivity contribution in [3.8, 4) is 0 Å². The van der Waals surface area contributed by atoms with Gasteiger partial charge in [0.2, 0.25) is 0 Å². The summed E-state index contributed by atoms with van der Waals surface area (Å²) in [7, 11) is 1.72. The van der Waals surface area contributed by atoms with Crippen LogP contribution in [0.3, 0.4) is 0 Å². The Balaban J connectivity index is 1.79. The van der Waals surface area contributed by atoms with Crippen LogP contribution in [-0.2, 0) is 13.5 Å². The van der Waals surface area contributed by atoms with Crippen molar-refractivity contribution in [3.63, 3.8) is 0 Å². The van der Waals surface area contributed by atoms with Crippen molar-refractivity contribution >= 4 is 29.3 Å². The maximum absolute atomic E-state index is 12.3. The minimum absolute atomic E-state index is 0.00555. The van der Waals surface area contributed by atoms with Gasteiger partial charge in [0.05, 0.1) is 16.3 Å². The van der Waals surface area contributed by atoms with E-state index >= 15 is 0 Å². The molecule has 0 N–H and O–H groups in total. The average molecular weight is 332 g/mol. The van der Waals surface area contributed by atoms with Gasteiger partial charge in [-0.3, -0.25) is 14.2 Å². The number of thioether (sulfide) groups is 2. The lowest BCUT2D eigenvalue weighted by Gasteiger charge is -2.08. The largest absolute Gasteiger partial charge is 0.293 e. The Bertz CT molecular complexity index is 772. The van der Waals surface area contributed by atoms with Gasteiger partial charge in [0, 0.05) is 24.3 Å². The third-order valence-electron chi connectivity index (χ3n) is 3.51. The molecule has 0 saturated carbocycles. The van der Waals surface area contributed by atoms with Crippen molar-refractivity contribution in [2.75, 3.05) is 5.75 Å². The van der Waals surface area contributed by atoms with E-state index in [0.717, 1.165) is 17.0 Å². The highest BCUT2D eigenvalue weighted by atomic mass is 32.2. The zero-order chi connectivity index (χ0) is 15.7. The zero-order valence-electron chi connectivity index (χ0n) is 12.4. The third kappa shape index (κ3) is 2.98. The van der Waals surface area contributed by atoms with Gasteiger partial charge in [-0.2, -0.15) is 0 Å². The number of hydrogen-bond acceptors (Lipinski definition) is 5. The van der Waals surface area contributed by atoms with Gasteiger partial charge in [0.15, 0.2) is 10.9 Å². The fraction of sp³-hybridized carbons (Fsp3) is 0.312. The van der Waals surface area contributed by atoms with Gasteiger partial charge in [-0.1, -0.05) is 49.0 Å². The molecule has 0 aliphatic carbocycles. The van der Waals surface area contributed by atoms with E-state index in [2.05, 4.69) is 11.9 Å². The molecule has 1 atom stereocenters. The number of aromatic nitrogens is 2. The molecule has 0 amide bonds. The number of hydrogen-bond donors (Lipinski definition) is 0. The Kier molecular flexibility index (Phi) is 4.40. The number of ketones is 1. The van der Waals surface area contributed by atoms with Gasteiger partial charge < -0.3 is 0 Å². The molecule has 4 nitrogen and oxygen atoms in total. The molecule has 1 aromatic heterocycles. The number of Topliss-reactive ketones (excluding diaryl/α,β-unsaturated/α-hetero) is 1. The first-order valence-corrected chi connectivity index (χ1v) is 8.90. The van der Waals surface area contributed by atoms with Crippen molar-refractivity contribution in [2.45, 2.75) is 28.6 Å². The van der Waals surface area contributed by atoms with Crippen LogP contribution in [0.15, 0.2) is 45.2 Å². The molecule has 22 heavy (non-hydrogen) atoms. The molecule has 2 aromatic rings. The predicted molar refractivity (Wildman–Crippen MR) is 90.0 cm³/mol. The molecular formula is C16H16N2O2S2. The Morgan fingerprint density at radius 2 is 2.14 bits per heavy atom. The summed E-state index contributed by atoms with van der Waals surface area (Å²) in [5.41, 5.74) is 1.55. The predicted octanol–water partition coefficient (Wildman–Crippen LogP) is 2.79. The summed E-state index contributed by atoms with van der Waals surface area (Å²) in [6.45, 7) is 2.09. The number of carbonyl (C=O) groups is 1. The quantitative estimate of drug-likeness (QED) is 0.489. The number of fused-ring (bicyclic) bond motifs is 1. The standard InChI is InChI=1S/C16H16N2O2S2/c1-10-8-12-14(22-10)15(20)18(2)16(17-12)21-9-13(19)11-6-4-3-5-7-11/h3-7,10H,8-9H2,1-2H3/t10-/m0/s1. The summed E-state index contributed by atoms with van der Waals surface area (Å²) in [4.78, 5) is 29.8. The topological polar surface area (TPSA) is 52.0 Å². The minimum Gasteiger partial charge on any atom is -0.293 e. The number of nitrogens with zero attached hydrogens (tertiary/aromatic N) is 2. The lowest BCUT2D eigenvalue weighted by Crippen LogP contribution is -2.22. The van der Waals surface area contributed by atoms with Crippen LogP contribution in [0.25, 0.3) is 0 Å². The average Bonchev–Trinajstić information content (AvgIpc) is 2.90. The molecule has 3 rings (SSSR count). The van der Waals surface area contributed by atoms with Crippen molar-refractivity contribution in [3.05, 3.63) is 51.9 Å². The first-order valence-electron chi connectivity index (χ1n) is 7.04. The maximum Gasteiger partial charge on any atom is 0.267 e. The molecule has 0 spiro atoms. The minimum atomic E-state index is -0.00555. The second-order valence-electron chi connectivity index (χ2n) is 5.24. The van der Waals surface area contributed by atoms with E-state index in [4.69, 9.17) is 0 Å². The van der Waals surface area contributed by atoms with Crippen molar-refractivity contribution in [1.82, 2.24) is 9.55 Å². The van der Waals surface area contributed by atoms with Crippen LogP contribution in [0.1, 0.15) is 23.0 Å². The SMILES string of the molecule is C[C@H]1Cc2nc(SCC(=O)c3ccccc3)n(C)c(=O)c2S1. The van der Waals surface area contributed by atoms with Gasteiger partial charge in [-0.15, -0.1) is 11.8 Å². The normalized spacial score (nSPS) is 16.5. The van der Waals surface area contributed by atoms with Gasteiger partial charge in [-0.25, -0.2) is 4.98 Å². The fourth-order valence-corrected chi connectivity index (χ4v) is 4.37. The summed E-state index contributed by atoms with van der Waals surface area (Å²) in [6, 6.07) is 9.18. The Morgan fingerprint density at radius 3 is 2.86 bits per heavy atom. The van der Waals surface area contributed by atoms with E-state index in [1.807, 2.05) is 18.2 Å². The van der Waals surface area contributed by atoms with Crippen LogP contribution in [0.5, 0.6) is 0 Å². The second kappa shape index (κ2) is 6.30. The molecule has 1 aromatic carbocycles. The molecular weight excluding hydrogens is 316 g/mol. The van der Waals surface area contributed by atoms with Crippen LogP contribution in [0, 0.1) is 0 Å². The lowest BCUT2D eigenvalue weighted by atomic mass is 10.2. The molecule has 1 aliphatic heterocycles. The van der Waals surface area contributed by atoms with E-state index in [-0.39, 0.29) is 17.1 Å². The molecule has 0 unspecified atom stereocenters. The summed E-state index contributed by atoms with van der Waals surface area (Å²) in [6.07, 6.45) is 0.816. The van der Waals surface area contributed by atoms with Gasteiger partial charge >= 0.3 is 0 Å². The van der Waals surface area contributed by atoms with E-state index in [0.29, 0.717) is 16.0 Å². The Labute approximate surface area is 137 Å². The molecule has 1 aliphatic rings. The van der Waals surface area contributed by atoms with Crippen molar-refractivity contribution in [2.24, 2.45) is 7.05 Å². The zero-order valence-corrected chi connectivity index (χ0v) is 14.0. The second-order valence-corrected chi connectivity index (χ2v) is 7.64. The van der Waals surface area contributed by atoms with E-state index in [1.165, 1.54) is 11.8 Å². The molecule has 0 fully saturated rings. The van der Waals surface area contributed by atoms with E-state index < -0.39 is 0 Å². The first kappa shape index (κ1) is 15.4. The molecule has 0 saturated heterocycles. The van der Waals surface area contributed by atoms with Crippen LogP contribution < -0.4 is 5.56 Å². The molecule has 114 valence electrons. The Hall–Kier alpha value is -1.53. The molecule has 0 bridgehead atoms. The van der Waals surface area contributed by atoms with Crippen LogP contribution >= 0.6 is 23.5 Å². The summed E-state index contributed by atoms with van der Waals surface area (Å²) >= 11 is 2.91. The van der Waals surface area contributed by atoms with Gasteiger partial charge in [-0.05, 0) is 0 Å². The summed E-state index contributed by atoms with van der Waals surface area (Å²) in [5, 5.41) is 1.00. The van der Waals surface area contributed by atoms with E-state index in [1.54, 1.807) is 35.5 Å². The highest BCUT2D eigenvalue weighted by molar-refractivity contribution is 8.00. The smallest absolute Gasteiger partial charge is 0.267 e. The molecule has 2 heterocycles. The number of benzene rings is 1. The summed E-state index contributed by atoms with van der Waals surface area (Å²) in [5.74, 6) is 0.328. The van der Waals surface area contributed by atoms with Gasteiger partial charge in [0.25, 0.3) is 5.56 Å². The van der Waals surface area contributed by atoms with E-state index in [9.17, 15) is 9.59 Å². The van der Waals surface area contributed by atoms with Crippen molar-refractivity contribution < 1.29 is 4.79 Å². The van der Waals surface area contributed by atoms with Crippen LogP contribution in [-0.4, -0.2) is 26.3 Å². The number of carbonyl (C=O) groups excluding carboxylic acids is 1. The highest BCUT2D eigenvalue weighted by Gasteiger charge is 2.25. The molecule has 6 heteroatoms. The molecule has 0 radical (unpaired) electrons. The summed E-state index contributed by atoms with van der Waals surface area (Å²) < 4.78 is 1.55. The first-order chi connectivity index (χ1) is 10.6. The van der Waals surface area contributed by atoms with Crippen molar-refractivity contribution in [1.29, 1.82) is 0 Å². The maximum atomic E-state index is 12.3. The fourth-order valence-electron chi connectivity index (χ4n) is 2.34. The van der Waals surface area contributed by atoms with Gasteiger partial charge in [0.1, 0.15) is 0 Å². The van der Waals surface area contributed by atoms with Crippen LogP contribution in [0.4, 0.5) is 0 Å². The van der Waals surface area contributed by atoms with Crippen LogP contribution in [0.2, 0.25) is 0 Å².